The van der Waals surface area contributed by atoms with Gasteiger partial charge in [-0.2, -0.15) is 0 Å². The lowest BCUT2D eigenvalue weighted by Crippen LogP contribution is -2.59. The Morgan fingerprint density at radius 3 is 2.50 bits per heavy atom. The fourth-order valence-corrected chi connectivity index (χ4v) is 1.94. The van der Waals surface area contributed by atoms with E-state index in [0.29, 0.717) is 19.3 Å². The summed E-state index contributed by atoms with van der Waals surface area (Å²) in [5.41, 5.74) is -0.621. The number of amides is 1. The Kier molecular flexibility index (Phi) is 2.49. The van der Waals surface area contributed by atoms with Crippen molar-refractivity contribution in [2.24, 2.45) is 5.41 Å². The number of aliphatic hydroxyl groups excluding tert-OH is 1. The largest absolute Gasteiger partial charge is 0.395 e. The molecule has 0 aromatic rings. The monoisotopic (exact) mass is 199 g/mol. The van der Waals surface area contributed by atoms with E-state index in [1.807, 2.05) is 7.05 Å². The molecule has 4 nitrogen and oxygen atoms in total. The van der Waals surface area contributed by atoms with Gasteiger partial charge in [0.05, 0.1) is 19.8 Å². The molecule has 2 aliphatic rings. The maximum Gasteiger partial charge on any atom is 0.235 e. The van der Waals surface area contributed by atoms with E-state index in [0.717, 1.165) is 12.8 Å². The molecular formula is C10H17NO3. The van der Waals surface area contributed by atoms with Crippen LogP contribution in [-0.2, 0) is 9.53 Å². The summed E-state index contributed by atoms with van der Waals surface area (Å²) in [5, 5.41) is 9.20. The van der Waals surface area contributed by atoms with Crippen molar-refractivity contribution < 1.29 is 14.6 Å². The summed E-state index contributed by atoms with van der Waals surface area (Å²) >= 11 is 0. The van der Waals surface area contributed by atoms with Gasteiger partial charge in [0.1, 0.15) is 5.41 Å². The average molecular weight is 199 g/mol. The van der Waals surface area contributed by atoms with Gasteiger partial charge < -0.3 is 14.7 Å². The van der Waals surface area contributed by atoms with Crippen molar-refractivity contribution in [1.82, 2.24) is 4.90 Å². The number of aliphatic hydroxyl groups is 1. The van der Waals surface area contributed by atoms with Crippen LogP contribution in [0, 0.1) is 5.41 Å². The van der Waals surface area contributed by atoms with Gasteiger partial charge in [-0.25, -0.2) is 0 Å². The molecule has 1 heterocycles. The molecule has 1 saturated carbocycles. The second-order valence-corrected chi connectivity index (χ2v) is 4.43. The third kappa shape index (κ3) is 1.33. The minimum atomic E-state index is -0.621. The van der Waals surface area contributed by atoms with Gasteiger partial charge in [-0.05, 0) is 19.3 Å². The van der Waals surface area contributed by atoms with E-state index in [1.165, 1.54) is 6.42 Å². The average Bonchev–Trinajstić information content (AvgIpc) is 1.99. The van der Waals surface area contributed by atoms with Crippen molar-refractivity contribution in [2.75, 3.05) is 26.9 Å². The lowest BCUT2D eigenvalue weighted by atomic mass is 9.83. The molecule has 1 saturated heterocycles. The quantitative estimate of drug-likeness (QED) is 0.696. The van der Waals surface area contributed by atoms with Gasteiger partial charge in [-0.3, -0.25) is 4.79 Å². The molecule has 80 valence electrons. The molecule has 0 aromatic carbocycles. The summed E-state index contributed by atoms with van der Waals surface area (Å²) < 4.78 is 5.02. The molecule has 0 unspecified atom stereocenters. The van der Waals surface area contributed by atoms with Crippen molar-refractivity contribution in [2.45, 2.75) is 25.3 Å². The molecule has 2 rings (SSSR count). The van der Waals surface area contributed by atoms with Crippen LogP contribution >= 0.6 is 0 Å². The number of hydrogen-bond acceptors (Lipinski definition) is 3. The van der Waals surface area contributed by atoms with E-state index in [1.54, 1.807) is 4.90 Å². The predicted octanol–water partition coefficient (Wildman–Crippen LogP) is 0.00620. The molecular weight excluding hydrogens is 182 g/mol. The highest BCUT2D eigenvalue weighted by Gasteiger charge is 2.48. The third-order valence-corrected chi connectivity index (χ3v) is 3.46. The lowest BCUT2D eigenvalue weighted by Gasteiger charge is -2.44. The van der Waals surface area contributed by atoms with Gasteiger partial charge in [-0.1, -0.05) is 0 Å². The molecule has 0 atom stereocenters. The third-order valence-electron chi connectivity index (χ3n) is 3.46. The van der Waals surface area contributed by atoms with E-state index in [9.17, 15) is 9.90 Å². The van der Waals surface area contributed by atoms with Gasteiger partial charge in [0, 0.05) is 13.1 Å². The van der Waals surface area contributed by atoms with Gasteiger partial charge in [0.15, 0.2) is 0 Å². The summed E-state index contributed by atoms with van der Waals surface area (Å²) in [5.74, 6) is 0.0518. The smallest absolute Gasteiger partial charge is 0.235 e. The van der Waals surface area contributed by atoms with Crippen LogP contribution in [0.3, 0.4) is 0 Å². The fraction of sp³-hybridized carbons (Fsp3) is 0.900. The maximum absolute atomic E-state index is 12.0. The molecule has 1 N–H and O–H groups in total. The van der Waals surface area contributed by atoms with Crippen LogP contribution in [-0.4, -0.2) is 48.8 Å². The molecule has 1 amide bonds. The first-order valence-corrected chi connectivity index (χ1v) is 5.15. The maximum atomic E-state index is 12.0. The standard InChI is InChI=1S/C10H17NO3/c1-11(8-3-2-4-8)9(13)10(5-12)6-14-7-10/h8,12H,2-7H2,1H3. The van der Waals surface area contributed by atoms with Crippen molar-refractivity contribution in [3.8, 4) is 0 Å². The van der Waals surface area contributed by atoms with Crippen LogP contribution in [0.1, 0.15) is 19.3 Å². The summed E-state index contributed by atoms with van der Waals surface area (Å²) in [6.45, 7) is 0.654. The van der Waals surface area contributed by atoms with Crippen molar-refractivity contribution in [1.29, 1.82) is 0 Å². The lowest BCUT2D eigenvalue weighted by molar-refractivity contribution is -0.182. The number of hydrogen-bond donors (Lipinski definition) is 1. The number of ether oxygens (including phenoxy) is 1. The highest BCUT2D eigenvalue weighted by molar-refractivity contribution is 5.84. The fourth-order valence-electron chi connectivity index (χ4n) is 1.94. The van der Waals surface area contributed by atoms with Gasteiger partial charge >= 0.3 is 0 Å². The Morgan fingerprint density at radius 2 is 2.21 bits per heavy atom. The molecule has 0 bridgehead atoms. The Balaban J connectivity index is 1.98. The Morgan fingerprint density at radius 1 is 1.57 bits per heavy atom. The summed E-state index contributed by atoms with van der Waals surface area (Å²) in [4.78, 5) is 13.8. The minimum absolute atomic E-state index is 0.0518. The highest BCUT2D eigenvalue weighted by atomic mass is 16.5. The number of nitrogens with zero attached hydrogens (tertiary/aromatic N) is 1. The van der Waals surface area contributed by atoms with Gasteiger partial charge in [0.25, 0.3) is 0 Å². The van der Waals surface area contributed by atoms with E-state index >= 15 is 0 Å². The molecule has 0 aromatic heterocycles. The van der Waals surface area contributed by atoms with E-state index in [2.05, 4.69) is 0 Å². The normalized spacial score (nSPS) is 25.0. The molecule has 1 aliphatic carbocycles. The molecule has 0 spiro atoms. The van der Waals surface area contributed by atoms with Crippen LogP contribution in [0.15, 0.2) is 0 Å². The topological polar surface area (TPSA) is 49.8 Å². The first kappa shape index (κ1) is 9.93. The SMILES string of the molecule is CN(C(=O)C1(CO)COC1)C1CCC1. The number of carbonyl (C=O) groups excluding carboxylic acids is 1. The first-order valence-electron chi connectivity index (χ1n) is 5.15. The van der Waals surface area contributed by atoms with Crippen molar-refractivity contribution in [3.05, 3.63) is 0 Å². The van der Waals surface area contributed by atoms with Crippen LogP contribution in [0.5, 0.6) is 0 Å². The first-order chi connectivity index (χ1) is 6.69. The van der Waals surface area contributed by atoms with Crippen molar-refractivity contribution in [3.63, 3.8) is 0 Å². The van der Waals surface area contributed by atoms with E-state index < -0.39 is 5.41 Å². The van der Waals surface area contributed by atoms with Gasteiger partial charge in [-0.15, -0.1) is 0 Å². The second kappa shape index (κ2) is 3.51. The Hall–Kier alpha value is -0.610. The van der Waals surface area contributed by atoms with Crippen LogP contribution in [0.4, 0.5) is 0 Å². The molecule has 1 aliphatic heterocycles. The Labute approximate surface area is 83.8 Å². The predicted molar refractivity (Wildman–Crippen MR) is 50.7 cm³/mol. The molecule has 0 radical (unpaired) electrons. The molecule has 2 fully saturated rings. The van der Waals surface area contributed by atoms with Gasteiger partial charge in [0.2, 0.25) is 5.91 Å². The summed E-state index contributed by atoms with van der Waals surface area (Å²) in [7, 11) is 1.84. The Bertz CT molecular complexity index is 228. The second-order valence-electron chi connectivity index (χ2n) is 4.43. The zero-order chi connectivity index (χ0) is 10.2. The van der Waals surface area contributed by atoms with Crippen molar-refractivity contribution >= 4 is 5.91 Å². The number of carbonyl (C=O) groups is 1. The van der Waals surface area contributed by atoms with Crippen LogP contribution in [0.25, 0.3) is 0 Å². The molecule has 4 heteroatoms. The zero-order valence-electron chi connectivity index (χ0n) is 8.53. The number of rotatable bonds is 3. The summed E-state index contributed by atoms with van der Waals surface area (Å²) in [6, 6.07) is 0.395. The zero-order valence-corrected chi connectivity index (χ0v) is 8.53. The van der Waals surface area contributed by atoms with Crippen LogP contribution < -0.4 is 0 Å². The summed E-state index contributed by atoms with van der Waals surface area (Å²) in [6.07, 6.45) is 3.42. The molecule has 14 heavy (non-hydrogen) atoms. The van der Waals surface area contributed by atoms with E-state index in [-0.39, 0.29) is 12.5 Å². The van der Waals surface area contributed by atoms with Crippen LogP contribution in [0.2, 0.25) is 0 Å². The van der Waals surface area contributed by atoms with E-state index in [4.69, 9.17) is 4.74 Å². The minimum Gasteiger partial charge on any atom is -0.395 e. The highest BCUT2D eigenvalue weighted by Crippen LogP contribution is 2.32.